The second-order valence-electron chi connectivity index (χ2n) is 5.21. The van der Waals surface area contributed by atoms with Crippen molar-refractivity contribution >= 4 is 17.3 Å². The lowest BCUT2D eigenvalue weighted by molar-refractivity contribution is -0.139. The number of hydrogen-bond donors (Lipinski definition) is 1. The Balaban J connectivity index is 1.73. The van der Waals surface area contributed by atoms with Gasteiger partial charge in [0.05, 0.1) is 13.5 Å². The molecule has 112 valence electrons. The average molecular weight is 296 g/mol. The molecule has 0 aliphatic carbocycles. The van der Waals surface area contributed by atoms with Crippen LogP contribution in [0.25, 0.3) is 0 Å². The predicted octanol–water partition coefficient (Wildman–Crippen LogP) is 2.04. The highest BCUT2D eigenvalue weighted by Crippen LogP contribution is 2.18. The number of rotatable bonds is 6. The van der Waals surface area contributed by atoms with E-state index in [9.17, 15) is 4.79 Å². The molecule has 1 aliphatic heterocycles. The zero-order chi connectivity index (χ0) is 14.4. The summed E-state index contributed by atoms with van der Waals surface area (Å²) in [6, 6.07) is 4.76. The second-order valence-corrected chi connectivity index (χ2v) is 6.46. The summed E-state index contributed by atoms with van der Waals surface area (Å²) in [5.41, 5.74) is 0. The number of methoxy groups -OCH3 is 1. The molecule has 5 heteroatoms. The fourth-order valence-electron chi connectivity index (χ4n) is 2.53. The van der Waals surface area contributed by atoms with Gasteiger partial charge in [0.1, 0.15) is 0 Å². The van der Waals surface area contributed by atoms with Crippen LogP contribution in [0.5, 0.6) is 0 Å². The lowest BCUT2D eigenvalue weighted by Gasteiger charge is -2.31. The van der Waals surface area contributed by atoms with Gasteiger partial charge in [-0.15, -0.1) is 11.3 Å². The van der Waals surface area contributed by atoms with Crippen molar-refractivity contribution in [2.75, 3.05) is 26.7 Å². The van der Waals surface area contributed by atoms with Crippen molar-refractivity contribution in [1.82, 2.24) is 10.2 Å². The number of likely N-dealkylation sites (tertiary alicyclic amines) is 1. The standard InChI is InChI=1S/C15H24N2O2S/c1-3-17-8-6-12(7-9-17)16-11-14-5-4-13(20-14)10-15(18)19-2/h4-5,12,16H,3,6-11H2,1-2H3. The van der Waals surface area contributed by atoms with Crippen molar-refractivity contribution in [2.45, 2.75) is 38.8 Å². The van der Waals surface area contributed by atoms with Gasteiger partial charge in [-0.3, -0.25) is 4.79 Å². The fraction of sp³-hybridized carbons (Fsp3) is 0.667. The molecule has 0 aromatic carbocycles. The molecule has 4 nitrogen and oxygen atoms in total. The SMILES string of the molecule is CCN1CCC(NCc2ccc(CC(=O)OC)s2)CC1. The van der Waals surface area contributed by atoms with Crippen LogP contribution in [0.3, 0.4) is 0 Å². The Morgan fingerprint density at radius 2 is 2.10 bits per heavy atom. The summed E-state index contributed by atoms with van der Waals surface area (Å²) in [4.78, 5) is 16.1. The molecule has 0 atom stereocenters. The Labute approximate surface area is 125 Å². The van der Waals surface area contributed by atoms with Crippen LogP contribution in [0, 0.1) is 0 Å². The number of ether oxygens (including phenoxy) is 1. The third-order valence-electron chi connectivity index (χ3n) is 3.86. The summed E-state index contributed by atoms with van der Waals surface area (Å²) in [6.07, 6.45) is 2.85. The Hall–Kier alpha value is -0.910. The molecule has 0 spiro atoms. The van der Waals surface area contributed by atoms with Gasteiger partial charge in [0, 0.05) is 22.3 Å². The largest absolute Gasteiger partial charge is 0.469 e. The van der Waals surface area contributed by atoms with E-state index in [1.54, 1.807) is 11.3 Å². The van der Waals surface area contributed by atoms with E-state index >= 15 is 0 Å². The van der Waals surface area contributed by atoms with Crippen molar-refractivity contribution in [3.05, 3.63) is 21.9 Å². The van der Waals surface area contributed by atoms with Gasteiger partial charge in [-0.2, -0.15) is 0 Å². The summed E-state index contributed by atoms with van der Waals surface area (Å²) < 4.78 is 4.69. The van der Waals surface area contributed by atoms with Gasteiger partial charge in [-0.1, -0.05) is 6.92 Å². The fourth-order valence-corrected chi connectivity index (χ4v) is 3.48. The van der Waals surface area contributed by atoms with Crippen LogP contribution in [-0.2, 0) is 22.5 Å². The molecule has 0 saturated carbocycles. The van der Waals surface area contributed by atoms with E-state index in [4.69, 9.17) is 0 Å². The maximum atomic E-state index is 11.2. The average Bonchev–Trinajstić information content (AvgIpc) is 2.93. The third kappa shape index (κ3) is 4.58. The molecule has 0 radical (unpaired) electrons. The van der Waals surface area contributed by atoms with E-state index in [1.165, 1.54) is 37.9 Å². The molecule has 0 amide bonds. The van der Waals surface area contributed by atoms with Crippen LogP contribution < -0.4 is 5.32 Å². The maximum absolute atomic E-state index is 11.2. The second kappa shape index (κ2) is 7.76. The molecule has 2 rings (SSSR count). The number of carbonyl (C=O) groups is 1. The molecule has 1 saturated heterocycles. The minimum Gasteiger partial charge on any atom is -0.469 e. The molecule has 1 aromatic heterocycles. The van der Waals surface area contributed by atoms with Gasteiger partial charge in [-0.05, 0) is 44.6 Å². The van der Waals surface area contributed by atoms with Crippen LogP contribution in [0.1, 0.15) is 29.5 Å². The zero-order valence-corrected chi connectivity index (χ0v) is 13.2. The molecular weight excluding hydrogens is 272 g/mol. The highest BCUT2D eigenvalue weighted by atomic mass is 32.1. The normalized spacial score (nSPS) is 17.3. The number of hydrogen-bond acceptors (Lipinski definition) is 5. The first-order valence-corrected chi connectivity index (χ1v) is 8.13. The lowest BCUT2D eigenvalue weighted by Crippen LogP contribution is -2.41. The van der Waals surface area contributed by atoms with Crippen molar-refractivity contribution in [3.8, 4) is 0 Å². The molecule has 0 unspecified atom stereocenters. The van der Waals surface area contributed by atoms with Gasteiger partial charge < -0.3 is 15.0 Å². The minimum absolute atomic E-state index is 0.168. The van der Waals surface area contributed by atoms with E-state index in [2.05, 4.69) is 27.9 Å². The first-order chi connectivity index (χ1) is 9.71. The summed E-state index contributed by atoms with van der Waals surface area (Å²) >= 11 is 1.70. The summed E-state index contributed by atoms with van der Waals surface area (Å²) in [6.45, 7) is 6.69. The number of thiophene rings is 1. The van der Waals surface area contributed by atoms with Crippen molar-refractivity contribution in [2.24, 2.45) is 0 Å². The number of nitrogens with one attached hydrogen (secondary N) is 1. The predicted molar refractivity (Wildman–Crippen MR) is 82.0 cm³/mol. The van der Waals surface area contributed by atoms with Gasteiger partial charge in [0.15, 0.2) is 0 Å². The first-order valence-electron chi connectivity index (χ1n) is 7.31. The van der Waals surface area contributed by atoms with Crippen LogP contribution in [0.2, 0.25) is 0 Å². The third-order valence-corrected chi connectivity index (χ3v) is 4.95. The molecule has 1 aliphatic rings. The van der Waals surface area contributed by atoms with Crippen molar-refractivity contribution < 1.29 is 9.53 Å². The Kier molecular flexibility index (Phi) is 6.01. The van der Waals surface area contributed by atoms with Crippen LogP contribution in [0.15, 0.2) is 12.1 Å². The topological polar surface area (TPSA) is 41.6 Å². The van der Waals surface area contributed by atoms with Gasteiger partial charge in [0.25, 0.3) is 0 Å². The monoisotopic (exact) mass is 296 g/mol. The number of carbonyl (C=O) groups excluding carboxylic acids is 1. The van der Waals surface area contributed by atoms with Gasteiger partial charge in [0.2, 0.25) is 0 Å². The molecule has 1 N–H and O–H groups in total. The number of esters is 1. The maximum Gasteiger partial charge on any atom is 0.310 e. The molecule has 1 aromatic rings. The summed E-state index contributed by atoms with van der Waals surface area (Å²) in [5, 5.41) is 3.63. The molecule has 2 heterocycles. The van der Waals surface area contributed by atoms with E-state index in [1.807, 2.05) is 6.07 Å². The minimum atomic E-state index is -0.168. The first kappa shape index (κ1) is 15.5. The number of nitrogens with zero attached hydrogens (tertiary/aromatic N) is 1. The van der Waals surface area contributed by atoms with Gasteiger partial charge >= 0.3 is 5.97 Å². The Morgan fingerprint density at radius 1 is 1.40 bits per heavy atom. The zero-order valence-electron chi connectivity index (χ0n) is 12.4. The van der Waals surface area contributed by atoms with Crippen LogP contribution in [-0.4, -0.2) is 43.7 Å². The molecule has 1 fully saturated rings. The van der Waals surface area contributed by atoms with Gasteiger partial charge in [-0.25, -0.2) is 0 Å². The quantitative estimate of drug-likeness (QED) is 0.816. The Morgan fingerprint density at radius 3 is 2.75 bits per heavy atom. The van der Waals surface area contributed by atoms with Crippen molar-refractivity contribution in [1.29, 1.82) is 0 Å². The molecule has 20 heavy (non-hydrogen) atoms. The highest BCUT2D eigenvalue weighted by Gasteiger charge is 2.17. The molecule has 0 bridgehead atoms. The van der Waals surface area contributed by atoms with Crippen molar-refractivity contribution in [3.63, 3.8) is 0 Å². The van der Waals surface area contributed by atoms with E-state index in [0.29, 0.717) is 12.5 Å². The van der Waals surface area contributed by atoms with E-state index < -0.39 is 0 Å². The van der Waals surface area contributed by atoms with E-state index in [-0.39, 0.29) is 5.97 Å². The highest BCUT2D eigenvalue weighted by molar-refractivity contribution is 7.12. The lowest BCUT2D eigenvalue weighted by atomic mass is 10.1. The molecular formula is C15H24N2O2S. The Bertz CT molecular complexity index is 425. The number of piperidine rings is 1. The summed E-state index contributed by atoms with van der Waals surface area (Å²) in [7, 11) is 1.43. The van der Waals surface area contributed by atoms with Crippen LogP contribution >= 0.6 is 11.3 Å². The van der Waals surface area contributed by atoms with E-state index in [0.717, 1.165) is 18.0 Å². The smallest absolute Gasteiger partial charge is 0.310 e. The summed E-state index contributed by atoms with van der Waals surface area (Å²) in [5.74, 6) is -0.168. The van der Waals surface area contributed by atoms with Crippen LogP contribution in [0.4, 0.5) is 0 Å².